The SMILES string of the molecule is Cc1ccc(C)c(C(c2ccccc2)C(C)N)c1. The summed E-state index contributed by atoms with van der Waals surface area (Å²) in [4.78, 5) is 0. The number of hydrogen-bond acceptors (Lipinski definition) is 1. The normalized spacial score (nSPS) is 14.2. The maximum Gasteiger partial charge on any atom is 0.0241 e. The van der Waals surface area contributed by atoms with Crippen molar-refractivity contribution in [1.82, 2.24) is 0 Å². The van der Waals surface area contributed by atoms with E-state index in [1.165, 1.54) is 22.3 Å². The Balaban J connectivity index is 2.52. The van der Waals surface area contributed by atoms with Crippen molar-refractivity contribution in [3.05, 3.63) is 70.8 Å². The van der Waals surface area contributed by atoms with Gasteiger partial charge in [0.25, 0.3) is 0 Å². The average molecular weight is 239 g/mol. The van der Waals surface area contributed by atoms with Gasteiger partial charge >= 0.3 is 0 Å². The Kier molecular flexibility index (Phi) is 3.83. The third kappa shape index (κ3) is 2.62. The number of aryl methyl sites for hydroxylation is 2. The molecule has 2 aromatic carbocycles. The van der Waals surface area contributed by atoms with E-state index in [9.17, 15) is 0 Å². The van der Waals surface area contributed by atoms with Gasteiger partial charge in [-0.3, -0.25) is 0 Å². The van der Waals surface area contributed by atoms with Gasteiger partial charge in [-0.15, -0.1) is 0 Å². The van der Waals surface area contributed by atoms with E-state index in [1.807, 2.05) is 6.07 Å². The van der Waals surface area contributed by atoms with Crippen molar-refractivity contribution in [3.8, 4) is 0 Å². The van der Waals surface area contributed by atoms with Crippen molar-refractivity contribution < 1.29 is 0 Å². The van der Waals surface area contributed by atoms with Gasteiger partial charge < -0.3 is 5.73 Å². The highest BCUT2D eigenvalue weighted by atomic mass is 14.6. The Morgan fingerprint density at radius 1 is 0.944 bits per heavy atom. The van der Waals surface area contributed by atoms with E-state index in [2.05, 4.69) is 63.2 Å². The quantitative estimate of drug-likeness (QED) is 0.866. The highest BCUT2D eigenvalue weighted by Gasteiger charge is 2.20. The zero-order valence-corrected chi connectivity index (χ0v) is 11.4. The molecular weight excluding hydrogens is 218 g/mol. The Bertz CT molecular complexity index is 514. The van der Waals surface area contributed by atoms with Gasteiger partial charge in [0.05, 0.1) is 0 Å². The van der Waals surface area contributed by atoms with E-state index >= 15 is 0 Å². The molecule has 0 aromatic heterocycles. The summed E-state index contributed by atoms with van der Waals surface area (Å²) in [5, 5.41) is 0. The second kappa shape index (κ2) is 5.36. The van der Waals surface area contributed by atoms with Gasteiger partial charge in [-0.25, -0.2) is 0 Å². The predicted octanol–water partition coefficient (Wildman–Crippen LogP) is 3.78. The Morgan fingerprint density at radius 2 is 1.61 bits per heavy atom. The Hall–Kier alpha value is -1.60. The molecule has 0 aliphatic carbocycles. The molecule has 94 valence electrons. The lowest BCUT2D eigenvalue weighted by atomic mass is 9.83. The molecule has 0 aliphatic heterocycles. The van der Waals surface area contributed by atoms with Crippen molar-refractivity contribution in [2.45, 2.75) is 32.7 Å². The van der Waals surface area contributed by atoms with E-state index in [1.54, 1.807) is 0 Å². The highest BCUT2D eigenvalue weighted by molar-refractivity contribution is 5.40. The highest BCUT2D eigenvalue weighted by Crippen LogP contribution is 2.30. The molecule has 0 amide bonds. The van der Waals surface area contributed by atoms with Crippen molar-refractivity contribution >= 4 is 0 Å². The fourth-order valence-electron chi connectivity index (χ4n) is 2.52. The molecule has 18 heavy (non-hydrogen) atoms. The van der Waals surface area contributed by atoms with Crippen LogP contribution in [0, 0.1) is 13.8 Å². The van der Waals surface area contributed by atoms with Gasteiger partial charge in [0.15, 0.2) is 0 Å². The maximum atomic E-state index is 6.22. The van der Waals surface area contributed by atoms with Gasteiger partial charge in [-0.05, 0) is 37.5 Å². The molecule has 0 saturated heterocycles. The van der Waals surface area contributed by atoms with Gasteiger partial charge in [-0.2, -0.15) is 0 Å². The second-order valence-electron chi connectivity index (χ2n) is 5.11. The predicted molar refractivity (Wildman–Crippen MR) is 77.9 cm³/mol. The molecule has 0 heterocycles. The van der Waals surface area contributed by atoms with Crippen LogP contribution in [0.25, 0.3) is 0 Å². The minimum absolute atomic E-state index is 0.105. The zero-order valence-electron chi connectivity index (χ0n) is 11.4. The molecule has 0 spiro atoms. The third-order valence-electron chi connectivity index (χ3n) is 3.45. The van der Waals surface area contributed by atoms with Gasteiger partial charge in [0.1, 0.15) is 0 Å². The lowest BCUT2D eigenvalue weighted by Gasteiger charge is -2.24. The lowest BCUT2D eigenvalue weighted by molar-refractivity contribution is 0.641. The monoisotopic (exact) mass is 239 g/mol. The van der Waals surface area contributed by atoms with Crippen molar-refractivity contribution in [2.24, 2.45) is 5.73 Å². The summed E-state index contributed by atoms with van der Waals surface area (Å²) in [5.74, 6) is 0.270. The Labute approximate surface area is 110 Å². The first-order valence-corrected chi connectivity index (χ1v) is 6.47. The summed E-state index contributed by atoms with van der Waals surface area (Å²) in [5.41, 5.74) is 11.5. The van der Waals surface area contributed by atoms with Gasteiger partial charge in [0, 0.05) is 12.0 Å². The average Bonchev–Trinajstić information content (AvgIpc) is 2.35. The second-order valence-corrected chi connectivity index (χ2v) is 5.11. The molecule has 0 radical (unpaired) electrons. The topological polar surface area (TPSA) is 26.0 Å². The smallest absolute Gasteiger partial charge is 0.0241 e. The van der Waals surface area contributed by atoms with Crippen LogP contribution in [-0.2, 0) is 0 Å². The molecule has 0 fully saturated rings. The molecule has 2 atom stereocenters. The molecule has 1 nitrogen and oxygen atoms in total. The fraction of sp³-hybridized carbons (Fsp3) is 0.294. The van der Waals surface area contributed by atoms with Crippen LogP contribution < -0.4 is 5.73 Å². The van der Waals surface area contributed by atoms with Crippen molar-refractivity contribution in [1.29, 1.82) is 0 Å². The molecule has 2 unspecified atom stereocenters. The molecule has 2 aromatic rings. The van der Waals surface area contributed by atoms with Crippen LogP contribution in [0.5, 0.6) is 0 Å². The summed E-state index contributed by atoms with van der Waals surface area (Å²) >= 11 is 0. The van der Waals surface area contributed by atoms with Gasteiger partial charge in [-0.1, -0.05) is 54.1 Å². The molecule has 1 heteroatoms. The summed E-state index contributed by atoms with van der Waals surface area (Å²) < 4.78 is 0. The molecule has 2 rings (SSSR count). The molecular formula is C17H21N. The standard InChI is InChI=1S/C17H21N/c1-12-9-10-13(2)16(11-12)17(14(3)18)15-7-5-4-6-8-15/h4-11,14,17H,18H2,1-3H3. The van der Waals surface area contributed by atoms with E-state index in [0.29, 0.717) is 0 Å². The number of hydrogen-bond donors (Lipinski definition) is 1. The van der Waals surface area contributed by atoms with Crippen LogP contribution in [0.4, 0.5) is 0 Å². The zero-order chi connectivity index (χ0) is 13.1. The molecule has 0 aliphatic rings. The molecule has 0 saturated carbocycles. The number of benzene rings is 2. The number of nitrogens with two attached hydrogens (primary N) is 1. The summed E-state index contributed by atoms with van der Waals surface area (Å²) in [6, 6.07) is 17.2. The first-order valence-electron chi connectivity index (χ1n) is 6.47. The van der Waals surface area contributed by atoms with Crippen LogP contribution in [0.15, 0.2) is 48.5 Å². The van der Waals surface area contributed by atoms with Crippen LogP contribution in [0.1, 0.15) is 35.1 Å². The minimum Gasteiger partial charge on any atom is -0.327 e. The minimum atomic E-state index is 0.105. The molecule has 0 bridgehead atoms. The maximum absolute atomic E-state index is 6.22. The van der Waals surface area contributed by atoms with Crippen LogP contribution in [0.3, 0.4) is 0 Å². The van der Waals surface area contributed by atoms with Crippen molar-refractivity contribution in [2.75, 3.05) is 0 Å². The Morgan fingerprint density at radius 3 is 2.22 bits per heavy atom. The number of rotatable bonds is 3. The van der Waals surface area contributed by atoms with Gasteiger partial charge in [0.2, 0.25) is 0 Å². The van der Waals surface area contributed by atoms with E-state index in [4.69, 9.17) is 5.73 Å². The van der Waals surface area contributed by atoms with E-state index in [0.717, 1.165) is 0 Å². The third-order valence-corrected chi connectivity index (χ3v) is 3.45. The van der Waals surface area contributed by atoms with Crippen LogP contribution in [0.2, 0.25) is 0 Å². The fourth-order valence-corrected chi connectivity index (χ4v) is 2.52. The summed E-state index contributed by atoms with van der Waals surface area (Å²) in [6.45, 7) is 6.37. The lowest BCUT2D eigenvalue weighted by Crippen LogP contribution is -2.26. The largest absolute Gasteiger partial charge is 0.327 e. The first kappa shape index (κ1) is 12.8. The summed E-state index contributed by atoms with van der Waals surface area (Å²) in [7, 11) is 0. The van der Waals surface area contributed by atoms with Crippen molar-refractivity contribution in [3.63, 3.8) is 0 Å². The van der Waals surface area contributed by atoms with Crippen LogP contribution in [-0.4, -0.2) is 6.04 Å². The van der Waals surface area contributed by atoms with Crippen LogP contribution >= 0.6 is 0 Å². The van der Waals surface area contributed by atoms with E-state index < -0.39 is 0 Å². The molecule has 2 N–H and O–H groups in total. The summed E-state index contributed by atoms with van der Waals surface area (Å²) in [6.07, 6.45) is 0. The van der Waals surface area contributed by atoms with E-state index in [-0.39, 0.29) is 12.0 Å². The first-order chi connectivity index (χ1) is 8.59.